The van der Waals surface area contributed by atoms with Crippen LogP contribution >= 0.6 is 11.8 Å². The molecule has 0 amide bonds. The lowest BCUT2D eigenvalue weighted by Crippen LogP contribution is -2.37. The van der Waals surface area contributed by atoms with Gasteiger partial charge in [-0.05, 0) is 42.7 Å². The van der Waals surface area contributed by atoms with E-state index in [9.17, 15) is 14.7 Å². The summed E-state index contributed by atoms with van der Waals surface area (Å²) in [4.78, 5) is 23.3. The van der Waals surface area contributed by atoms with Gasteiger partial charge in [0.15, 0.2) is 0 Å². The summed E-state index contributed by atoms with van der Waals surface area (Å²) in [6, 6.07) is 19.2. The zero-order valence-electron chi connectivity index (χ0n) is 18.0. The standard InChI is InChI=1S/C25H33NO4S/c27-24(30-19-21-11-5-3-6-12-21)16-15-23(25(28)29)26-17-9-1-2-10-18-31-20-22-13-7-4-8-14-22/h3-8,11-14,23,26H,1-2,9-10,15-20H2,(H,28,29)/t23-/m0/s1. The lowest BCUT2D eigenvalue weighted by Gasteiger charge is -2.14. The third kappa shape index (κ3) is 11.6. The molecule has 6 heteroatoms. The first kappa shape index (κ1) is 25.0. The number of ether oxygens (including phenoxy) is 1. The van der Waals surface area contributed by atoms with Crippen molar-refractivity contribution >= 4 is 23.7 Å². The van der Waals surface area contributed by atoms with Gasteiger partial charge in [-0.2, -0.15) is 11.8 Å². The maximum Gasteiger partial charge on any atom is 0.320 e. The third-order valence-corrected chi connectivity index (χ3v) is 6.01. The lowest BCUT2D eigenvalue weighted by molar-refractivity contribution is -0.145. The molecule has 0 fully saturated rings. The molecular weight excluding hydrogens is 410 g/mol. The number of carboxylic acid groups (broad SMARTS) is 1. The first-order chi connectivity index (χ1) is 15.1. The predicted octanol–water partition coefficient (Wildman–Crippen LogP) is 5.05. The number of unbranched alkanes of at least 4 members (excludes halogenated alkanes) is 3. The molecule has 0 aromatic heterocycles. The van der Waals surface area contributed by atoms with Crippen molar-refractivity contribution < 1.29 is 19.4 Å². The van der Waals surface area contributed by atoms with Crippen molar-refractivity contribution in [3.63, 3.8) is 0 Å². The van der Waals surface area contributed by atoms with Crippen molar-refractivity contribution in [1.82, 2.24) is 5.32 Å². The molecule has 2 aromatic carbocycles. The van der Waals surface area contributed by atoms with Crippen LogP contribution in [0.1, 0.15) is 49.7 Å². The van der Waals surface area contributed by atoms with Gasteiger partial charge in [-0.3, -0.25) is 9.59 Å². The Morgan fingerprint density at radius 3 is 2.23 bits per heavy atom. The predicted molar refractivity (Wildman–Crippen MR) is 126 cm³/mol. The maximum atomic E-state index is 11.9. The van der Waals surface area contributed by atoms with Gasteiger partial charge >= 0.3 is 11.9 Å². The van der Waals surface area contributed by atoms with Gasteiger partial charge in [-0.15, -0.1) is 0 Å². The van der Waals surface area contributed by atoms with E-state index in [0.29, 0.717) is 6.54 Å². The fourth-order valence-electron chi connectivity index (χ4n) is 3.11. The van der Waals surface area contributed by atoms with Crippen LogP contribution in [0, 0.1) is 0 Å². The second kappa shape index (κ2) is 15.5. The molecular formula is C25H33NO4S. The number of aliphatic carboxylic acids is 1. The van der Waals surface area contributed by atoms with Gasteiger partial charge in [-0.25, -0.2) is 0 Å². The number of esters is 1. The molecule has 2 aromatic rings. The number of nitrogens with one attached hydrogen (secondary N) is 1. The monoisotopic (exact) mass is 443 g/mol. The Morgan fingerprint density at radius 2 is 1.55 bits per heavy atom. The number of hydrogen-bond acceptors (Lipinski definition) is 5. The second-order valence-electron chi connectivity index (χ2n) is 7.48. The van der Waals surface area contributed by atoms with Crippen LogP contribution in [0.4, 0.5) is 0 Å². The minimum absolute atomic E-state index is 0.0927. The first-order valence-electron chi connectivity index (χ1n) is 10.9. The highest BCUT2D eigenvalue weighted by Gasteiger charge is 2.18. The summed E-state index contributed by atoms with van der Waals surface area (Å²) < 4.78 is 5.21. The van der Waals surface area contributed by atoms with Crippen LogP contribution in [0.25, 0.3) is 0 Å². The lowest BCUT2D eigenvalue weighted by atomic mass is 10.1. The van der Waals surface area contributed by atoms with Crippen molar-refractivity contribution in [1.29, 1.82) is 0 Å². The Labute approximate surface area is 189 Å². The molecule has 0 heterocycles. The van der Waals surface area contributed by atoms with Gasteiger partial charge in [-0.1, -0.05) is 73.5 Å². The Balaban J connectivity index is 1.48. The molecule has 0 radical (unpaired) electrons. The number of benzene rings is 2. The highest BCUT2D eigenvalue weighted by molar-refractivity contribution is 7.98. The molecule has 31 heavy (non-hydrogen) atoms. The highest BCUT2D eigenvalue weighted by Crippen LogP contribution is 2.14. The van der Waals surface area contributed by atoms with E-state index in [1.807, 2.05) is 48.2 Å². The zero-order chi connectivity index (χ0) is 22.2. The van der Waals surface area contributed by atoms with Crippen LogP contribution in [-0.4, -0.2) is 35.4 Å². The molecule has 168 valence electrons. The van der Waals surface area contributed by atoms with Crippen LogP contribution in [0.3, 0.4) is 0 Å². The summed E-state index contributed by atoms with van der Waals surface area (Å²) >= 11 is 1.95. The molecule has 0 aliphatic rings. The Kier molecular flexibility index (Phi) is 12.5. The number of carbonyl (C=O) groups excluding carboxylic acids is 1. The fourth-order valence-corrected chi connectivity index (χ4v) is 4.09. The molecule has 2 rings (SSSR count). The van der Waals surface area contributed by atoms with Gasteiger partial charge in [0, 0.05) is 12.2 Å². The number of carboxylic acids is 1. The molecule has 0 unspecified atom stereocenters. The first-order valence-corrected chi connectivity index (χ1v) is 12.1. The Morgan fingerprint density at radius 1 is 0.903 bits per heavy atom. The van der Waals surface area contributed by atoms with Gasteiger partial charge < -0.3 is 15.2 Å². The highest BCUT2D eigenvalue weighted by atomic mass is 32.2. The van der Waals surface area contributed by atoms with Crippen LogP contribution < -0.4 is 5.32 Å². The molecule has 5 nitrogen and oxygen atoms in total. The van der Waals surface area contributed by atoms with E-state index in [-0.39, 0.29) is 25.4 Å². The fraction of sp³-hybridized carbons (Fsp3) is 0.440. The van der Waals surface area contributed by atoms with Crippen molar-refractivity contribution in [3.05, 3.63) is 71.8 Å². The molecule has 0 aliphatic heterocycles. The summed E-state index contributed by atoms with van der Waals surface area (Å²) in [5.41, 5.74) is 2.28. The number of carbonyl (C=O) groups is 2. The zero-order valence-corrected chi connectivity index (χ0v) is 18.8. The van der Waals surface area contributed by atoms with E-state index >= 15 is 0 Å². The van der Waals surface area contributed by atoms with Crippen molar-refractivity contribution in [2.75, 3.05) is 12.3 Å². The third-order valence-electron chi connectivity index (χ3n) is 4.90. The number of rotatable bonds is 16. The molecule has 0 aliphatic carbocycles. The smallest absolute Gasteiger partial charge is 0.320 e. The number of thioether (sulfide) groups is 1. The van der Waals surface area contributed by atoms with E-state index in [1.54, 1.807) is 0 Å². The summed E-state index contributed by atoms with van der Waals surface area (Å²) in [6.45, 7) is 0.863. The van der Waals surface area contributed by atoms with E-state index in [1.165, 1.54) is 12.0 Å². The summed E-state index contributed by atoms with van der Waals surface area (Å²) in [5, 5.41) is 12.4. The molecule has 0 spiro atoms. The molecule has 0 saturated carbocycles. The molecule has 0 bridgehead atoms. The average Bonchev–Trinajstić information content (AvgIpc) is 2.79. The van der Waals surface area contributed by atoms with Crippen LogP contribution in [0.5, 0.6) is 0 Å². The minimum Gasteiger partial charge on any atom is -0.480 e. The van der Waals surface area contributed by atoms with E-state index in [4.69, 9.17) is 4.74 Å². The van der Waals surface area contributed by atoms with Gasteiger partial charge in [0.1, 0.15) is 12.6 Å². The molecule has 0 saturated heterocycles. The van der Waals surface area contributed by atoms with Crippen LogP contribution in [-0.2, 0) is 26.7 Å². The van der Waals surface area contributed by atoms with Crippen molar-refractivity contribution in [2.45, 2.75) is 56.9 Å². The average molecular weight is 444 g/mol. The quantitative estimate of drug-likeness (QED) is 0.279. The van der Waals surface area contributed by atoms with E-state index in [2.05, 4.69) is 29.6 Å². The normalized spacial score (nSPS) is 11.7. The topological polar surface area (TPSA) is 75.6 Å². The van der Waals surface area contributed by atoms with E-state index < -0.39 is 12.0 Å². The van der Waals surface area contributed by atoms with Crippen molar-refractivity contribution in [3.8, 4) is 0 Å². The van der Waals surface area contributed by atoms with Crippen LogP contribution in [0.2, 0.25) is 0 Å². The van der Waals surface area contributed by atoms with Gasteiger partial charge in [0.05, 0.1) is 0 Å². The summed E-state index contributed by atoms with van der Waals surface area (Å²) in [7, 11) is 0. The van der Waals surface area contributed by atoms with E-state index in [0.717, 1.165) is 36.3 Å². The molecule has 2 N–H and O–H groups in total. The summed E-state index contributed by atoms with van der Waals surface area (Å²) in [5.74, 6) is 0.903. The summed E-state index contributed by atoms with van der Waals surface area (Å²) in [6.07, 6.45) is 4.66. The van der Waals surface area contributed by atoms with Gasteiger partial charge in [0.25, 0.3) is 0 Å². The largest absolute Gasteiger partial charge is 0.480 e. The number of hydrogen-bond donors (Lipinski definition) is 2. The maximum absolute atomic E-state index is 11.9. The van der Waals surface area contributed by atoms with Crippen LogP contribution in [0.15, 0.2) is 60.7 Å². The van der Waals surface area contributed by atoms with Crippen molar-refractivity contribution in [2.24, 2.45) is 0 Å². The Bertz CT molecular complexity index is 755. The van der Waals surface area contributed by atoms with Gasteiger partial charge in [0.2, 0.25) is 0 Å². The molecule has 1 atom stereocenters. The SMILES string of the molecule is O=C(CC[C@H](NCCCCCCSCc1ccccc1)C(=O)O)OCc1ccccc1. The minimum atomic E-state index is -0.923. The Hall–Kier alpha value is -2.31. The second-order valence-corrected chi connectivity index (χ2v) is 8.59.